The molecule has 7 rings (SSSR count). The minimum atomic E-state index is 0.455. The summed E-state index contributed by atoms with van der Waals surface area (Å²) in [5, 5.41) is 1.19. The third kappa shape index (κ3) is 2.14. The van der Waals surface area contributed by atoms with Crippen LogP contribution in [0.1, 0.15) is 44.1 Å². The lowest BCUT2D eigenvalue weighted by Gasteiger charge is -2.57. The summed E-state index contributed by atoms with van der Waals surface area (Å²) in [4.78, 5) is 0. The number of hydrogen-bond donors (Lipinski definition) is 0. The van der Waals surface area contributed by atoms with Crippen molar-refractivity contribution < 1.29 is 4.42 Å². The minimum Gasteiger partial charge on any atom is -0.456 e. The van der Waals surface area contributed by atoms with Crippen LogP contribution in [0.3, 0.4) is 0 Å². The van der Waals surface area contributed by atoms with Crippen LogP contribution in [0.25, 0.3) is 22.3 Å². The van der Waals surface area contributed by atoms with E-state index in [4.69, 9.17) is 4.42 Å². The molecule has 4 saturated carbocycles. The number of para-hydroxylation sites is 1. The van der Waals surface area contributed by atoms with Crippen LogP contribution in [-0.4, -0.2) is 0 Å². The molecular formula is C24H24O. The van der Waals surface area contributed by atoms with Crippen molar-refractivity contribution in [1.29, 1.82) is 0 Å². The summed E-state index contributed by atoms with van der Waals surface area (Å²) >= 11 is 0. The molecule has 4 fully saturated rings. The number of fused-ring (bicyclic) bond motifs is 1. The molecule has 126 valence electrons. The maximum atomic E-state index is 6.13. The van der Waals surface area contributed by atoms with Crippen molar-refractivity contribution in [3.05, 3.63) is 60.2 Å². The molecule has 0 radical (unpaired) electrons. The number of benzene rings is 2. The molecule has 0 spiro atoms. The minimum absolute atomic E-state index is 0.455. The molecule has 25 heavy (non-hydrogen) atoms. The SMILES string of the molecule is c1cc(-c2cc3ccccc3o2)cc(C23CC4CC(CC(C4)C2)C3)c1. The maximum absolute atomic E-state index is 6.13. The van der Waals surface area contributed by atoms with E-state index < -0.39 is 0 Å². The number of hydrogen-bond acceptors (Lipinski definition) is 1. The lowest BCUT2D eigenvalue weighted by atomic mass is 9.48. The van der Waals surface area contributed by atoms with Crippen LogP contribution in [0, 0.1) is 17.8 Å². The zero-order valence-electron chi connectivity index (χ0n) is 14.6. The summed E-state index contributed by atoms with van der Waals surface area (Å²) < 4.78 is 6.13. The smallest absolute Gasteiger partial charge is 0.135 e. The number of furan rings is 1. The van der Waals surface area contributed by atoms with Crippen molar-refractivity contribution in [2.45, 2.75) is 43.9 Å². The van der Waals surface area contributed by atoms with Crippen molar-refractivity contribution in [2.24, 2.45) is 17.8 Å². The molecule has 1 nitrogen and oxygen atoms in total. The van der Waals surface area contributed by atoms with Crippen LogP contribution in [0.2, 0.25) is 0 Å². The van der Waals surface area contributed by atoms with E-state index in [-0.39, 0.29) is 0 Å². The van der Waals surface area contributed by atoms with E-state index in [1.807, 2.05) is 6.07 Å². The summed E-state index contributed by atoms with van der Waals surface area (Å²) in [6, 6.07) is 19.8. The third-order valence-electron chi connectivity index (χ3n) is 7.22. The predicted octanol–water partition coefficient (Wildman–Crippen LogP) is 6.57. The first-order chi connectivity index (χ1) is 12.3. The van der Waals surface area contributed by atoms with Gasteiger partial charge in [0.15, 0.2) is 0 Å². The fourth-order valence-electron chi connectivity index (χ4n) is 6.59. The summed E-state index contributed by atoms with van der Waals surface area (Å²) in [5.41, 5.74) is 4.25. The molecular weight excluding hydrogens is 304 g/mol. The van der Waals surface area contributed by atoms with Gasteiger partial charge < -0.3 is 4.42 Å². The van der Waals surface area contributed by atoms with Crippen LogP contribution < -0.4 is 0 Å². The summed E-state index contributed by atoms with van der Waals surface area (Å²) in [5.74, 6) is 3.97. The molecule has 0 amide bonds. The molecule has 0 saturated heterocycles. The molecule has 0 unspecified atom stereocenters. The summed E-state index contributed by atoms with van der Waals surface area (Å²) in [6.07, 6.45) is 8.77. The highest BCUT2D eigenvalue weighted by Gasteiger charge is 2.51. The van der Waals surface area contributed by atoms with Gasteiger partial charge in [-0.05, 0) is 85.5 Å². The lowest BCUT2D eigenvalue weighted by molar-refractivity contribution is -0.00517. The van der Waals surface area contributed by atoms with Crippen LogP contribution in [0.4, 0.5) is 0 Å². The first kappa shape index (κ1) is 14.2. The van der Waals surface area contributed by atoms with Crippen LogP contribution >= 0.6 is 0 Å². The van der Waals surface area contributed by atoms with Gasteiger partial charge in [-0.25, -0.2) is 0 Å². The Labute approximate surface area is 149 Å². The van der Waals surface area contributed by atoms with Gasteiger partial charge in [-0.1, -0.05) is 36.4 Å². The van der Waals surface area contributed by atoms with Crippen LogP contribution in [0.5, 0.6) is 0 Å². The molecule has 1 heteroatoms. The van der Waals surface area contributed by atoms with E-state index in [0.717, 1.165) is 29.1 Å². The van der Waals surface area contributed by atoms with Gasteiger partial charge in [0.25, 0.3) is 0 Å². The van der Waals surface area contributed by atoms with E-state index >= 15 is 0 Å². The molecule has 3 aromatic rings. The quantitative estimate of drug-likeness (QED) is 0.518. The Morgan fingerprint density at radius 2 is 1.48 bits per heavy atom. The maximum Gasteiger partial charge on any atom is 0.135 e. The lowest BCUT2D eigenvalue weighted by Crippen LogP contribution is -2.48. The second-order valence-corrected chi connectivity index (χ2v) is 8.93. The predicted molar refractivity (Wildman–Crippen MR) is 102 cm³/mol. The van der Waals surface area contributed by atoms with E-state index in [2.05, 4.69) is 48.5 Å². The van der Waals surface area contributed by atoms with Gasteiger partial charge in [0, 0.05) is 10.9 Å². The zero-order chi connectivity index (χ0) is 16.4. The van der Waals surface area contributed by atoms with Gasteiger partial charge in [0.05, 0.1) is 0 Å². The Balaban J connectivity index is 1.43. The first-order valence-electron chi connectivity index (χ1n) is 9.87. The van der Waals surface area contributed by atoms with Crippen molar-refractivity contribution in [3.8, 4) is 11.3 Å². The Hall–Kier alpha value is -2.02. The number of rotatable bonds is 2. The van der Waals surface area contributed by atoms with Gasteiger partial charge in [-0.3, -0.25) is 0 Å². The standard InChI is InChI=1S/C24H24O/c1-2-7-22-20(4-1)12-23(25-22)19-5-3-6-21(11-19)24-13-16-8-17(14-24)10-18(9-16)15-24/h1-7,11-12,16-18H,8-10,13-15H2. The summed E-state index contributed by atoms with van der Waals surface area (Å²) in [7, 11) is 0. The average molecular weight is 328 g/mol. The Bertz CT molecular complexity index is 879. The Morgan fingerprint density at radius 3 is 2.20 bits per heavy atom. The molecule has 1 heterocycles. The molecule has 0 N–H and O–H groups in total. The molecule has 0 aliphatic heterocycles. The monoisotopic (exact) mass is 328 g/mol. The largest absolute Gasteiger partial charge is 0.456 e. The highest BCUT2D eigenvalue weighted by atomic mass is 16.3. The fraction of sp³-hybridized carbons (Fsp3) is 0.417. The van der Waals surface area contributed by atoms with Crippen molar-refractivity contribution >= 4 is 11.0 Å². The molecule has 4 bridgehead atoms. The van der Waals surface area contributed by atoms with Crippen molar-refractivity contribution in [1.82, 2.24) is 0 Å². The van der Waals surface area contributed by atoms with E-state index in [1.54, 1.807) is 5.56 Å². The molecule has 2 aromatic carbocycles. The van der Waals surface area contributed by atoms with Crippen molar-refractivity contribution in [3.63, 3.8) is 0 Å². The molecule has 4 aliphatic rings. The second-order valence-electron chi connectivity index (χ2n) is 8.93. The third-order valence-corrected chi connectivity index (χ3v) is 7.22. The second kappa shape index (κ2) is 5.00. The Kier molecular flexibility index (Phi) is 2.84. The summed E-state index contributed by atoms with van der Waals surface area (Å²) in [6.45, 7) is 0. The highest BCUT2D eigenvalue weighted by molar-refractivity contribution is 5.82. The zero-order valence-corrected chi connectivity index (χ0v) is 14.6. The Morgan fingerprint density at radius 1 is 0.760 bits per heavy atom. The molecule has 0 atom stereocenters. The van der Waals surface area contributed by atoms with Gasteiger partial charge in [0.2, 0.25) is 0 Å². The van der Waals surface area contributed by atoms with E-state index in [0.29, 0.717) is 5.41 Å². The molecule has 4 aliphatic carbocycles. The van der Waals surface area contributed by atoms with Gasteiger partial charge in [-0.2, -0.15) is 0 Å². The fourth-order valence-corrected chi connectivity index (χ4v) is 6.59. The van der Waals surface area contributed by atoms with Crippen LogP contribution in [0.15, 0.2) is 59.0 Å². The first-order valence-corrected chi connectivity index (χ1v) is 9.87. The van der Waals surface area contributed by atoms with E-state index in [9.17, 15) is 0 Å². The van der Waals surface area contributed by atoms with Gasteiger partial charge in [-0.15, -0.1) is 0 Å². The molecule has 1 aromatic heterocycles. The van der Waals surface area contributed by atoms with Gasteiger partial charge in [0.1, 0.15) is 11.3 Å². The topological polar surface area (TPSA) is 13.1 Å². The van der Waals surface area contributed by atoms with Gasteiger partial charge >= 0.3 is 0 Å². The van der Waals surface area contributed by atoms with Crippen LogP contribution in [-0.2, 0) is 5.41 Å². The average Bonchev–Trinajstić information content (AvgIpc) is 3.05. The normalized spacial score (nSPS) is 33.2. The van der Waals surface area contributed by atoms with E-state index in [1.165, 1.54) is 49.5 Å². The van der Waals surface area contributed by atoms with Crippen molar-refractivity contribution in [2.75, 3.05) is 0 Å². The highest BCUT2D eigenvalue weighted by Crippen LogP contribution is 2.60.